The number of hydrogen-bond acceptors (Lipinski definition) is 2. The van der Waals surface area contributed by atoms with Gasteiger partial charge < -0.3 is 14.6 Å². The molecule has 1 N–H and O–H groups in total. The van der Waals surface area contributed by atoms with Crippen LogP contribution in [0.3, 0.4) is 0 Å². The third-order valence-electron chi connectivity index (χ3n) is 4.44. The van der Waals surface area contributed by atoms with E-state index in [1.165, 1.54) is 16.8 Å². The minimum Gasteiger partial charge on any atom is -0.481 e. The Hall–Kier alpha value is -2.23. The molecule has 4 nitrogen and oxygen atoms in total. The van der Waals surface area contributed by atoms with E-state index in [0.29, 0.717) is 12.5 Å². The van der Waals surface area contributed by atoms with Crippen molar-refractivity contribution in [1.29, 1.82) is 0 Å². The van der Waals surface area contributed by atoms with Gasteiger partial charge in [0, 0.05) is 31.4 Å². The molecule has 1 aliphatic heterocycles. The molecule has 0 fully saturated rings. The van der Waals surface area contributed by atoms with Crippen LogP contribution in [0.4, 0.5) is 0 Å². The standard InChI is InChI=1S/C19H24N2O2/c1-13(2)15-4-6-17(7-5-15)23-14(3)19(22)21-11-9-18-16(12-21)8-10-20-18/h4-8,10,13-14,20H,9,11-12H2,1-3H3. The maximum absolute atomic E-state index is 12.6. The Bertz CT molecular complexity index is 673. The van der Waals surface area contributed by atoms with Crippen LogP contribution in [0.15, 0.2) is 36.5 Å². The number of rotatable bonds is 4. The van der Waals surface area contributed by atoms with Gasteiger partial charge in [0.05, 0.1) is 0 Å². The van der Waals surface area contributed by atoms with Gasteiger partial charge in [-0.1, -0.05) is 26.0 Å². The van der Waals surface area contributed by atoms with E-state index < -0.39 is 6.10 Å². The summed E-state index contributed by atoms with van der Waals surface area (Å²) in [6, 6.07) is 10.1. The molecule has 23 heavy (non-hydrogen) atoms. The predicted molar refractivity (Wildman–Crippen MR) is 90.5 cm³/mol. The highest BCUT2D eigenvalue weighted by atomic mass is 16.5. The van der Waals surface area contributed by atoms with Crippen LogP contribution in [-0.2, 0) is 17.8 Å². The number of benzene rings is 1. The van der Waals surface area contributed by atoms with E-state index in [2.05, 4.69) is 31.0 Å². The first-order valence-electron chi connectivity index (χ1n) is 8.25. The fourth-order valence-electron chi connectivity index (χ4n) is 2.98. The Morgan fingerprint density at radius 3 is 2.61 bits per heavy atom. The number of amides is 1. The van der Waals surface area contributed by atoms with Crippen LogP contribution in [-0.4, -0.2) is 28.4 Å². The van der Waals surface area contributed by atoms with E-state index in [-0.39, 0.29) is 5.91 Å². The predicted octanol–water partition coefficient (Wildman–Crippen LogP) is 3.49. The first-order valence-corrected chi connectivity index (χ1v) is 8.25. The van der Waals surface area contributed by atoms with Crippen LogP contribution in [0.25, 0.3) is 0 Å². The minimum atomic E-state index is -0.472. The fraction of sp³-hybridized carbons (Fsp3) is 0.421. The number of aromatic amines is 1. The third-order valence-corrected chi connectivity index (χ3v) is 4.44. The first kappa shape index (κ1) is 15.7. The van der Waals surface area contributed by atoms with E-state index in [9.17, 15) is 4.79 Å². The zero-order valence-corrected chi connectivity index (χ0v) is 14.0. The molecule has 3 rings (SSSR count). The van der Waals surface area contributed by atoms with Gasteiger partial charge in [0.25, 0.3) is 5.91 Å². The number of fused-ring (bicyclic) bond motifs is 1. The van der Waals surface area contributed by atoms with Crippen LogP contribution >= 0.6 is 0 Å². The molecule has 1 amide bonds. The second kappa shape index (κ2) is 6.49. The Morgan fingerprint density at radius 2 is 1.91 bits per heavy atom. The monoisotopic (exact) mass is 312 g/mol. The Morgan fingerprint density at radius 1 is 1.17 bits per heavy atom. The zero-order valence-electron chi connectivity index (χ0n) is 14.0. The molecular weight excluding hydrogens is 288 g/mol. The topological polar surface area (TPSA) is 45.3 Å². The van der Waals surface area contributed by atoms with Gasteiger partial charge >= 0.3 is 0 Å². The van der Waals surface area contributed by atoms with Gasteiger partial charge in [-0.2, -0.15) is 0 Å². The van der Waals surface area contributed by atoms with Crippen molar-refractivity contribution < 1.29 is 9.53 Å². The number of nitrogens with zero attached hydrogens (tertiary/aromatic N) is 1. The van der Waals surface area contributed by atoms with E-state index in [4.69, 9.17) is 4.74 Å². The molecule has 4 heteroatoms. The Kier molecular flexibility index (Phi) is 4.42. The molecule has 1 atom stereocenters. The lowest BCUT2D eigenvalue weighted by Gasteiger charge is -2.29. The largest absolute Gasteiger partial charge is 0.481 e. The highest BCUT2D eigenvalue weighted by molar-refractivity contribution is 5.81. The second-order valence-corrected chi connectivity index (χ2v) is 6.48. The number of aromatic nitrogens is 1. The Balaban J connectivity index is 1.61. The molecule has 0 saturated carbocycles. The van der Waals surface area contributed by atoms with Crippen molar-refractivity contribution in [3.8, 4) is 5.75 Å². The molecule has 1 aromatic carbocycles. The van der Waals surface area contributed by atoms with Crippen molar-refractivity contribution in [1.82, 2.24) is 9.88 Å². The van der Waals surface area contributed by atoms with Gasteiger partial charge in [0.15, 0.2) is 6.10 Å². The molecule has 0 spiro atoms. The van der Waals surface area contributed by atoms with Crippen molar-refractivity contribution in [2.24, 2.45) is 0 Å². The smallest absolute Gasteiger partial charge is 0.263 e. The van der Waals surface area contributed by atoms with Crippen molar-refractivity contribution in [3.05, 3.63) is 53.3 Å². The number of ether oxygens (including phenoxy) is 1. The number of hydrogen-bond donors (Lipinski definition) is 1. The summed E-state index contributed by atoms with van der Waals surface area (Å²) in [6.07, 6.45) is 2.35. The van der Waals surface area contributed by atoms with Gasteiger partial charge in [-0.15, -0.1) is 0 Å². The third kappa shape index (κ3) is 3.41. The van der Waals surface area contributed by atoms with Crippen LogP contribution < -0.4 is 4.74 Å². The molecule has 0 radical (unpaired) electrons. The SMILES string of the molecule is CC(Oc1ccc(C(C)C)cc1)C(=O)N1CCc2[nH]ccc2C1. The molecule has 122 valence electrons. The highest BCUT2D eigenvalue weighted by Crippen LogP contribution is 2.21. The molecule has 1 aromatic heterocycles. The average molecular weight is 312 g/mol. The van der Waals surface area contributed by atoms with Gasteiger partial charge in [-0.3, -0.25) is 4.79 Å². The molecule has 1 unspecified atom stereocenters. The maximum Gasteiger partial charge on any atom is 0.263 e. The average Bonchev–Trinajstić information content (AvgIpc) is 3.02. The van der Waals surface area contributed by atoms with Gasteiger partial charge in [-0.25, -0.2) is 0 Å². The number of nitrogens with one attached hydrogen (secondary N) is 1. The lowest BCUT2D eigenvalue weighted by molar-refractivity contribution is -0.138. The molecule has 2 aromatic rings. The van der Waals surface area contributed by atoms with Crippen molar-refractivity contribution >= 4 is 5.91 Å². The summed E-state index contributed by atoms with van der Waals surface area (Å²) in [5, 5.41) is 0. The van der Waals surface area contributed by atoms with Crippen molar-refractivity contribution in [2.45, 2.75) is 45.8 Å². The summed E-state index contributed by atoms with van der Waals surface area (Å²) < 4.78 is 5.83. The van der Waals surface area contributed by atoms with Crippen LogP contribution in [0.2, 0.25) is 0 Å². The fourth-order valence-corrected chi connectivity index (χ4v) is 2.98. The summed E-state index contributed by atoms with van der Waals surface area (Å²) in [5.41, 5.74) is 3.72. The molecule has 0 aliphatic carbocycles. The molecule has 1 aliphatic rings. The lowest BCUT2D eigenvalue weighted by Crippen LogP contribution is -2.43. The van der Waals surface area contributed by atoms with E-state index in [1.807, 2.05) is 36.2 Å². The summed E-state index contributed by atoms with van der Waals surface area (Å²) in [5.74, 6) is 1.28. The summed E-state index contributed by atoms with van der Waals surface area (Å²) in [6.45, 7) is 7.55. The minimum absolute atomic E-state index is 0.0461. The van der Waals surface area contributed by atoms with E-state index in [0.717, 1.165) is 18.7 Å². The highest BCUT2D eigenvalue weighted by Gasteiger charge is 2.26. The first-order chi connectivity index (χ1) is 11.0. The maximum atomic E-state index is 12.6. The van der Waals surface area contributed by atoms with Crippen molar-refractivity contribution in [2.75, 3.05) is 6.54 Å². The summed E-state index contributed by atoms with van der Waals surface area (Å²) >= 11 is 0. The zero-order chi connectivity index (χ0) is 16.4. The van der Waals surface area contributed by atoms with Crippen LogP contribution in [0.1, 0.15) is 43.5 Å². The number of carbonyl (C=O) groups is 1. The number of H-pyrrole nitrogens is 1. The summed E-state index contributed by atoms with van der Waals surface area (Å²) in [4.78, 5) is 17.7. The van der Waals surface area contributed by atoms with E-state index in [1.54, 1.807) is 0 Å². The second-order valence-electron chi connectivity index (χ2n) is 6.48. The Labute approximate surface area is 137 Å². The molecular formula is C19H24N2O2. The van der Waals surface area contributed by atoms with Gasteiger partial charge in [-0.05, 0) is 42.2 Å². The van der Waals surface area contributed by atoms with Crippen molar-refractivity contribution in [3.63, 3.8) is 0 Å². The molecule has 2 heterocycles. The van der Waals surface area contributed by atoms with Crippen LogP contribution in [0, 0.1) is 0 Å². The normalized spacial score (nSPS) is 15.4. The molecule has 0 saturated heterocycles. The summed E-state index contributed by atoms with van der Waals surface area (Å²) in [7, 11) is 0. The van der Waals surface area contributed by atoms with Gasteiger partial charge in [0.1, 0.15) is 5.75 Å². The lowest BCUT2D eigenvalue weighted by atomic mass is 10.0. The van der Waals surface area contributed by atoms with Crippen LogP contribution in [0.5, 0.6) is 5.75 Å². The van der Waals surface area contributed by atoms with E-state index >= 15 is 0 Å². The molecule has 0 bridgehead atoms. The quantitative estimate of drug-likeness (QED) is 0.939. The van der Waals surface area contributed by atoms with Gasteiger partial charge in [0.2, 0.25) is 0 Å². The number of carbonyl (C=O) groups excluding carboxylic acids is 1.